The van der Waals surface area contributed by atoms with Gasteiger partial charge in [0.2, 0.25) is 0 Å². The Bertz CT molecular complexity index is 786. The average Bonchev–Trinajstić information content (AvgIpc) is 3.54. The van der Waals surface area contributed by atoms with Gasteiger partial charge in [0.15, 0.2) is 0 Å². The van der Waals surface area contributed by atoms with Crippen molar-refractivity contribution in [3.05, 3.63) is 71.8 Å². The Hall–Kier alpha value is -1.72. The SMILES string of the molecule is [HH].[HH].c1ccc(CN2CCCC[C@@H]3NCC[C@H]32)cc1.c1ccc(CNCCCC[C@@H]2CCCN2)cc1. The van der Waals surface area contributed by atoms with Crippen LogP contribution in [0.1, 0.15) is 71.8 Å². The minimum atomic E-state index is 0. The largest absolute Gasteiger partial charge is 0.314 e. The first kappa shape index (κ1) is 25.4. The van der Waals surface area contributed by atoms with Gasteiger partial charge >= 0.3 is 0 Å². The monoisotopic (exact) mass is 466 g/mol. The zero-order valence-corrected chi connectivity index (χ0v) is 21.1. The molecule has 0 aliphatic carbocycles. The number of nitrogens with zero attached hydrogens (tertiary/aromatic N) is 1. The Labute approximate surface area is 210 Å². The molecule has 0 bridgehead atoms. The van der Waals surface area contributed by atoms with Gasteiger partial charge in [-0.05, 0) is 82.3 Å². The third kappa shape index (κ3) is 8.49. The Morgan fingerprint density at radius 2 is 1.59 bits per heavy atom. The highest BCUT2D eigenvalue weighted by Gasteiger charge is 2.32. The van der Waals surface area contributed by atoms with E-state index < -0.39 is 0 Å². The second-order valence-electron chi connectivity index (χ2n) is 10.3. The quantitative estimate of drug-likeness (QED) is 0.421. The third-order valence-electron chi connectivity index (χ3n) is 7.71. The molecular formula is C30H50N4. The van der Waals surface area contributed by atoms with E-state index in [1.807, 2.05) is 0 Å². The highest BCUT2D eigenvalue weighted by Crippen LogP contribution is 2.25. The van der Waals surface area contributed by atoms with Crippen molar-refractivity contribution < 1.29 is 2.85 Å². The summed E-state index contributed by atoms with van der Waals surface area (Å²) >= 11 is 0. The zero-order chi connectivity index (χ0) is 23.3. The maximum atomic E-state index is 3.67. The van der Waals surface area contributed by atoms with Crippen LogP contribution in [0.25, 0.3) is 0 Å². The van der Waals surface area contributed by atoms with Crippen molar-refractivity contribution in [3.8, 4) is 0 Å². The third-order valence-corrected chi connectivity index (χ3v) is 7.71. The number of nitrogens with one attached hydrogen (secondary N) is 3. The maximum absolute atomic E-state index is 3.67. The molecule has 3 N–H and O–H groups in total. The molecule has 2 aromatic rings. The fourth-order valence-corrected chi connectivity index (χ4v) is 5.82. The molecule has 3 fully saturated rings. The molecule has 0 radical (unpaired) electrons. The van der Waals surface area contributed by atoms with Crippen molar-refractivity contribution in [3.63, 3.8) is 0 Å². The van der Waals surface area contributed by atoms with Gasteiger partial charge in [-0.25, -0.2) is 0 Å². The molecule has 5 rings (SSSR count). The molecule has 3 aliphatic rings. The van der Waals surface area contributed by atoms with Gasteiger partial charge in [0.05, 0.1) is 0 Å². The van der Waals surface area contributed by atoms with Gasteiger partial charge in [-0.2, -0.15) is 0 Å². The molecule has 0 aromatic heterocycles. The van der Waals surface area contributed by atoms with Gasteiger partial charge in [-0.1, -0.05) is 73.5 Å². The van der Waals surface area contributed by atoms with Crippen LogP contribution in [0.3, 0.4) is 0 Å². The Kier molecular flexibility index (Phi) is 10.9. The van der Waals surface area contributed by atoms with Gasteiger partial charge in [-0.15, -0.1) is 0 Å². The number of likely N-dealkylation sites (tertiary alicyclic amines) is 1. The smallest absolute Gasteiger partial charge is 0.0264 e. The first-order chi connectivity index (χ1) is 16.9. The molecule has 34 heavy (non-hydrogen) atoms. The van der Waals surface area contributed by atoms with E-state index in [0.29, 0.717) is 0 Å². The fraction of sp³-hybridized carbons (Fsp3) is 0.600. The van der Waals surface area contributed by atoms with Crippen molar-refractivity contribution in [2.24, 2.45) is 0 Å². The van der Waals surface area contributed by atoms with E-state index >= 15 is 0 Å². The van der Waals surface area contributed by atoms with Gasteiger partial charge in [-0.3, -0.25) is 4.90 Å². The molecule has 3 atom stereocenters. The van der Waals surface area contributed by atoms with Crippen LogP contribution in [0.4, 0.5) is 0 Å². The van der Waals surface area contributed by atoms with E-state index in [0.717, 1.165) is 37.8 Å². The van der Waals surface area contributed by atoms with E-state index in [1.54, 1.807) is 0 Å². The van der Waals surface area contributed by atoms with Crippen LogP contribution in [0.2, 0.25) is 0 Å². The van der Waals surface area contributed by atoms with E-state index in [-0.39, 0.29) is 2.85 Å². The van der Waals surface area contributed by atoms with Gasteiger partial charge in [0.1, 0.15) is 0 Å². The van der Waals surface area contributed by atoms with E-state index in [1.165, 1.54) is 88.5 Å². The molecule has 0 saturated carbocycles. The summed E-state index contributed by atoms with van der Waals surface area (Å²) in [4.78, 5) is 2.70. The molecule has 0 spiro atoms. The first-order valence-corrected chi connectivity index (χ1v) is 13.9. The van der Waals surface area contributed by atoms with Crippen LogP contribution < -0.4 is 16.0 Å². The Balaban J connectivity index is 0.000000240. The van der Waals surface area contributed by atoms with Crippen LogP contribution in [-0.2, 0) is 13.1 Å². The first-order valence-electron chi connectivity index (χ1n) is 13.9. The molecule has 190 valence electrons. The minimum Gasteiger partial charge on any atom is -0.314 e. The van der Waals surface area contributed by atoms with E-state index in [9.17, 15) is 0 Å². The second kappa shape index (κ2) is 14.6. The molecule has 3 heterocycles. The topological polar surface area (TPSA) is 39.3 Å². The van der Waals surface area contributed by atoms with Gasteiger partial charge in [0.25, 0.3) is 0 Å². The molecule has 0 amide bonds. The van der Waals surface area contributed by atoms with Crippen molar-refractivity contribution >= 4 is 0 Å². The van der Waals surface area contributed by atoms with Crippen molar-refractivity contribution in [1.82, 2.24) is 20.9 Å². The number of hydrogen-bond donors (Lipinski definition) is 3. The summed E-state index contributed by atoms with van der Waals surface area (Å²) in [5, 5.41) is 10.7. The summed E-state index contributed by atoms with van der Waals surface area (Å²) in [5.74, 6) is 0. The predicted molar refractivity (Wildman–Crippen MR) is 148 cm³/mol. The molecule has 2 aromatic carbocycles. The molecule has 3 aliphatic heterocycles. The van der Waals surface area contributed by atoms with E-state index in [4.69, 9.17) is 0 Å². The van der Waals surface area contributed by atoms with Crippen molar-refractivity contribution in [2.75, 3.05) is 26.2 Å². The van der Waals surface area contributed by atoms with Crippen LogP contribution >= 0.6 is 0 Å². The molecular weight excluding hydrogens is 416 g/mol. The highest BCUT2D eigenvalue weighted by molar-refractivity contribution is 5.15. The molecule has 4 nitrogen and oxygen atoms in total. The summed E-state index contributed by atoms with van der Waals surface area (Å²) in [7, 11) is 0. The molecule has 3 saturated heterocycles. The number of hydrogen-bond acceptors (Lipinski definition) is 4. The predicted octanol–water partition coefficient (Wildman–Crippen LogP) is 5.59. The van der Waals surface area contributed by atoms with E-state index in [2.05, 4.69) is 81.5 Å². The lowest BCUT2D eigenvalue weighted by molar-refractivity contribution is 0.186. The minimum absolute atomic E-state index is 0. The van der Waals surface area contributed by atoms with Crippen LogP contribution in [0, 0.1) is 0 Å². The Morgan fingerprint density at radius 3 is 2.35 bits per heavy atom. The Morgan fingerprint density at radius 1 is 0.794 bits per heavy atom. The van der Waals surface area contributed by atoms with Crippen molar-refractivity contribution in [1.29, 1.82) is 0 Å². The number of fused-ring (bicyclic) bond motifs is 1. The number of benzene rings is 2. The summed E-state index contributed by atoms with van der Waals surface area (Å²) in [6.45, 7) is 6.99. The summed E-state index contributed by atoms with van der Waals surface area (Å²) in [6.07, 6.45) is 12.2. The maximum Gasteiger partial charge on any atom is 0.0264 e. The van der Waals surface area contributed by atoms with Crippen LogP contribution in [0.15, 0.2) is 60.7 Å². The lowest BCUT2D eigenvalue weighted by Crippen LogP contribution is -2.41. The van der Waals surface area contributed by atoms with Crippen LogP contribution in [0.5, 0.6) is 0 Å². The number of rotatable bonds is 9. The molecule has 4 heteroatoms. The van der Waals surface area contributed by atoms with Crippen molar-refractivity contribution in [2.45, 2.75) is 89.0 Å². The zero-order valence-electron chi connectivity index (χ0n) is 21.1. The van der Waals surface area contributed by atoms with Gasteiger partial charge < -0.3 is 16.0 Å². The normalized spacial score (nSPS) is 24.8. The average molecular weight is 467 g/mol. The molecule has 0 unspecified atom stereocenters. The lowest BCUT2D eigenvalue weighted by Gasteiger charge is -2.30. The summed E-state index contributed by atoms with van der Waals surface area (Å²) in [5.41, 5.74) is 2.84. The fourth-order valence-electron chi connectivity index (χ4n) is 5.82. The summed E-state index contributed by atoms with van der Waals surface area (Å²) in [6, 6.07) is 23.9. The van der Waals surface area contributed by atoms with Crippen LogP contribution in [-0.4, -0.2) is 49.2 Å². The standard InChI is InChI=1S/C15H22N2.C15H24N2.2H2/c1-2-6-13(7-3-1)12-17-11-5-4-8-14-15(17)9-10-16-14;1-2-7-14(8-3-1)13-16-11-5-4-9-15-10-6-12-17-15;;/h1-3,6-7,14-16H,4-5,8-12H2;1-3,7-8,15-17H,4-6,9-13H2;2*1H/t14-,15+;15-;;/m01../s1. The summed E-state index contributed by atoms with van der Waals surface area (Å²) < 4.78 is 0. The second-order valence-corrected chi connectivity index (χ2v) is 10.3. The highest BCUT2D eigenvalue weighted by atomic mass is 15.2. The number of unbranched alkanes of at least 4 members (excludes halogenated alkanes) is 1. The van der Waals surface area contributed by atoms with Gasteiger partial charge in [0, 0.05) is 34.1 Å². The lowest BCUT2D eigenvalue weighted by atomic mass is 10.0.